The minimum absolute atomic E-state index is 0.0863. The average Bonchev–Trinajstić information content (AvgIpc) is 2.97. The molecule has 0 N–H and O–H groups in total. The molecule has 0 aromatic heterocycles. The van der Waals surface area contributed by atoms with Crippen LogP contribution in [0.4, 0.5) is 0 Å². The molecule has 0 radical (unpaired) electrons. The number of methoxy groups -OCH3 is 2. The van der Waals surface area contributed by atoms with Crippen molar-refractivity contribution in [3.8, 4) is 23.3 Å². The molecule has 5 nitrogen and oxygen atoms in total. The third kappa shape index (κ3) is 7.15. The van der Waals surface area contributed by atoms with Crippen LogP contribution in [0.25, 0.3) is 0 Å². The summed E-state index contributed by atoms with van der Waals surface area (Å²) in [7, 11) is 3.33. The van der Waals surface area contributed by atoms with Crippen LogP contribution in [0, 0.1) is 11.3 Å². The molecule has 0 heterocycles. The molecule has 0 atom stereocenters. The third-order valence-corrected chi connectivity index (χ3v) is 6.56. The van der Waals surface area contributed by atoms with Crippen molar-refractivity contribution in [2.75, 3.05) is 33.9 Å². The fraction of sp³-hybridized carbons (Fsp3) is 0.242. The zero-order valence-corrected chi connectivity index (χ0v) is 22.0. The van der Waals surface area contributed by atoms with E-state index in [2.05, 4.69) is 65.6 Å². The highest BCUT2D eigenvalue weighted by Crippen LogP contribution is 2.31. The molecule has 0 fully saturated rings. The van der Waals surface area contributed by atoms with E-state index < -0.39 is 0 Å². The minimum Gasteiger partial charge on any atom is -0.497 e. The Bertz CT molecular complexity index is 1250. The van der Waals surface area contributed by atoms with Crippen LogP contribution in [0.15, 0.2) is 103 Å². The number of nitrogens with zero attached hydrogens (tertiary/aromatic N) is 2. The summed E-state index contributed by atoms with van der Waals surface area (Å²) in [6.07, 6.45) is 1.61. The van der Waals surface area contributed by atoms with E-state index in [1.807, 2.05) is 48.5 Å². The quantitative estimate of drug-likeness (QED) is 0.150. The Kier molecular flexibility index (Phi) is 9.78. The summed E-state index contributed by atoms with van der Waals surface area (Å²) in [5.41, 5.74) is 4.62. The molecule has 0 unspecified atom stereocenters. The lowest BCUT2D eigenvalue weighted by atomic mass is 9.96. The molecule has 38 heavy (non-hydrogen) atoms. The zero-order valence-electron chi connectivity index (χ0n) is 22.0. The van der Waals surface area contributed by atoms with Crippen LogP contribution in [-0.2, 0) is 6.42 Å². The highest BCUT2D eigenvalue weighted by atomic mass is 16.5. The van der Waals surface area contributed by atoms with Gasteiger partial charge in [0.15, 0.2) is 0 Å². The monoisotopic (exact) mass is 506 g/mol. The van der Waals surface area contributed by atoms with E-state index >= 15 is 0 Å². The maximum Gasteiger partial charge on any atom is 0.122 e. The number of para-hydroxylation sites is 1. The molecule has 0 aliphatic carbocycles. The molecule has 0 bridgehead atoms. The number of benzene rings is 4. The molecule has 0 saturated carbocycles. The lowest BCUT2D eigenvalue weighted by Crippen LogP contribution is -2.32. The molecule has 4 aromatic carbocycles. The number of ether oxygens (including phenoxy) is 3. The lowest BCUT2D eigenvalue weighted by Gasteiger charge is -2.31. The number of rotatable bonds is 13. The van der Waals surface area contributed by atoms with Gasteiger partial charge in [0.1, 0.15) is 17.2 Å². The smallest absolute Gasteiger partial charge is 0.122 e. The van der Waals surface area contributed by atoms with Gasteiger partial charge in [0.05, 0.1) is 39.5 Å². The van der Waals surface area contributed by atoms with Gasteiger partial charge in [0.2, 0.25) is 0 Å². The van der Waals surface area contributed by atoms with Gasteiger partial charge in [-0.15, -0.1) is 0 Å². The van der Waals surface area contributed by atoms with Gasteiger partial charge in [0, 0.05) is 13.0 Å². The molecule has 0 aliphatic rings. The molecular formula is C33H34N2O3. The van der Waals surface area contributed by atoms with Crippen molar-refractivity contribution in [1.29, 1.82) is 5.26 Å². The zero-order chi connectivity index (χ0) is 26.6. The number of hydrogen-bond acceptors (Lipinski definition) is 5. The fourth-order valence-electron chi connectivity index (χ4n) is 4.63. The van der Waals surface area contributed by atoms with E-state index in [-0.39, 0.29) is 6.04 Å². The van der Waals surface area contributed by atoms with Crippen LogP contribution >= 0.6 is 0 Å². The summed E-state index contributed by atoms with van der Waals surface area (Å²) in [6.45, 7) is 1.57. The molecule has 4 rings (SSSR count). The number of hydrogen-bond donors (Lipinski definition) is 0. The lowest BCUT2D eigenvalue weighted by molar-refractivity contribution is 0.219. The molecular weight excluding hydrogens is 472 g/mol. The van der Waals surface area contributed by atoms with Gasteiger partial charge in [-0.2, -0.15) is 5.26 Å². The van der Waals surface area contributed by atoms with Gasteiger partial charge >= 0.3 is 0 Å². The van der Waals surface area contributed by atoms with E-state index in [1.165, 1.54) is 11.1 Å². The Morgan fingerprint density at radius 2 is 1.32 bits per heavy atom. The SMILES string of the molecule is COc1ccc(C(c2ccc(OC)cc2)N(CC#N)CCCOc2ccccc2Cc2ccccc2)cc1. The first-order chi connectivity index (χ1) is 18.7. The van der Waals surface area contributed by atoms with Gasteiger partial charge in [-0.05, 0) is 59.0 Å². The van der Waals surface area contributed by atoms with Gasteiger partial charge in [-0.1, -0.05) is 72.8 Å². The van der Waals surface area contributed by atoms with Crippen LogP contribution in [0.2, 0.25) is 0 Å². The molecule has 0 spiro atoms. The second-order valence-corrected chi connectivity index (χ2v) is 9.05. The topological polar surface area (TPSA) is 54.7 Å². The van der Waals surface area contributed by atoms with Crippen LogP contribution in [-0.4, -0.2) is 38.8 Å². The molecule has 0 saturated heterocycles. The van der Waals surface area contributed by atoms with Crippen molar-refractivity contribution in [3.63, 3.8) is 0 Å². The Morgan fingerprint density at radius 1 is 0.737 bits per heavy atom. The summed E-state index contributed by atoms with van der Waals surface area (Å²) in [5.74, 6) is 2.51. The van der Waals surface area contributed by atoms with Crippen molar-refractivity contribution in [2.45, 2.75) is 18.9 Å². The summed E-state index contributed by atoms with van der Waals surface area (Å²) in [4.78, 5) is 2.20. The average molecular weight is 507 g/mol. The van der Waals surface area contributed by atoms with E-state index in [9.17, 15) is 5.26 Å². The van der Waals surface area contributed by atoms with E-state index in [0.717, 1.165) is 41.2 Å². The Morgan fingerprint density at radius 3 is 1.89 bits per heavy atom. The summed E-state index contributed by atoms with van der Waals surface area (Å²) >= 11 is 0. The normalized spacial score (nSPS) is 10.8. The standard InChI is InChI=1S/C33H34N2O3/c1-36-30-17-13-27(14-18-30)33(28-15-19-31(37-2)20-16-28)35(23-21-34)22-8-24-38-32-12-7-6-11-29(32)25-26-9-4-3-5-10-26/h3-7,9-20,33H,8,22-25H2,1-2H3. The van der Waals surface area contributed by atoms with Crippen molar-refractivity contribution < 1.29 is 14.2 Å². The predicted molar refractivity (Wildman–Crippen MR) is 151 cm³/mol. The predicted octanol–water partition coefficient (Wildman–Crippen LogP) is 6.68. The highest BCUT2D eigenvalue weighted by Gasteiger charge is 2.22. The van der Waals surface area contributed by atoms with Gasteiger partial charge in [0.25, 0.3) is 0 Å². The van der Waals surface area contributed by atoms with E-state index in [1.54, 1.807) is 14.2 Å². The molecule has 0 amide bonds. The van der Waals surface area contributed by atoms with Gasteiger partial charge in [-0.3, -0.25) is 4.90 Å². The van der Waals surface area contributed by atoms with E-state index in [0.29, 0.717) is 19.7 Å². The molecule has 5 heteroatoms. The Balaban J connectivity index is 1.47. The van der Waals surface area contributed by atoms with Crippen molar-refractivity contribution >= 4 is 0 Å². The van der Waals surface area contributed by atoms with Crippen LogP contribution in [0.3, 0.4) is 0 Å². The summed E-state index contributed by atoms with van der Waals surface area (Å²) in [6, 6.07) is 37.0. The minimum atomic E-state index is -0.0863. The first kappa shape index (κ1) is 26.8. The van der Waals surface area contributed by atoms with Crippen molar-refractivity contribution in [3.05, 3.63) is 125 Å². The van der Waals surface area contributed by atoms with Crippen molar-refractivity contribution in [1.82, 2.24) is 4.90 Å². The molecule has 4 aromatic rings. The van der Waals surface area contributed by atoms with Gasteiger partial charge in [-0.25, -0.2) is 0 Å². The summed E-state index contributed by atoms with van der Waals surface area (Å²) in [5, 5.41) is 9.69. The molecule has 0 aliphatic heterocycles. The first-order valence-corrected chi connectivity index (χ1v) is 12.9. The maximum absolute atomic E-state index is 9.69. The number of nitriles is 1. The highest BCUT2D eigenvalue weighted by molar-refractivity contribution is 5.39. The Labute approximate surface area is 225 Å². The first-order valence-electron chi connectivity index (χ1n) is 12.9. The van der Waals surface area contributed by atoms with Crippen LogP contribution in [0.5, 0.6) is 17.2 Å². The second kappa shape index (κ2) is 13.9. The second-order valence-electron chi connectivity index (χ2n) is 9.05. The Hall–Kier alpha value is -4.27. The fourth-order valence-corrected chi connectivity index (χ4v) is 4.63. The summed E-state index contributed by atoms with van der Waals surface area (Å²) < 4.78 is 17.0. The largest absolute Gasteiger partial charge is 0.497 e. The third-order valence-electron chi connectivity index (χ3n) is 6.56. The van der Waals surface area contributed by atoms with E-state index in [4.69, 9.17) is 14.2 Å². The molecule has 194 valence electrons. The van der Waals surface area contributed by atoms with Crippen molar-refractivity contribution in [2.24, 2.45) is 0 Å². The van der Waals surface area contributed by atoms with Crippen LogP contribution in [0.1, 0.15) is 34.7 Å². The van der Waals surface area contributed by atoms with Gasteiger partial charge < -0.3 is 14.2 Å². The van der Waals surface area contributed by atoms with Crippen LogP contribution < -0.4 is 14.2 Å². The maximum atomic E-state index is 9.69.